The van der Waals surface area contributed by atoms with Crippen LogP contribution in [-0.4, -0.2) is 34.5 Å². The van der Waals surface area contributed by atoms with Crippen molar-refractivity contribution in [3.05, 3.63) is 75.0 Å². The highest BCUT2D eigenvalue weighted by molar-refractivity contribution is 7.11. The van der Waals surface area contributed by atoms with Crippen LogP contribution in [0.1, 0.15) is 30.0 Å². The van der Waals surface area contributed by atoms with Gasteiger partial charge >= 0.3 is 6.55 Å². The minimum atomic E-state index is -2.69. The number of amidine groups is 1. The molecule has 1 fully saturated rings. The zero-order valence-electron chi connectivity index (χ0n) is 16.1. The molecule has 1 saturated heterocycles. The topological polar surface area (TPSA) is 64.4 Å². The molecule has 9 heteroatoms. The second-order valence-electron chi connectivity index (χ2n) is 7.21. The highest BCUT2D eigenvalue weighted by Crippen LogP contribution is 2.43. The summed E-state index contributed by atoms with van der Waals surface area (Å²) >= 11 is 8.01. The summed E-state index contributed by atoms with van der Waals surface area (Å²) in [5, 5.41) is 13.8. The maximum Gasteiger partial charge on any atom is 0.312 e. The van der Waals surface area contributed by atoms with E-state index in [0.717, 1.165) is 41.3 Å². The van der Waals surface area contributed by atoms with Gasteiger partial charge in [-0.1, -0.05) is 36.7 Å². The molecule has 2 atom stereocenters. The number of aliphatic imine (C=N–C) groups is 1. The lowest BCUT2D eigenvalue weighted by atomic mass is 9.90. The number of rotatable bonds is 6. The molecule has 0 radical (unpaired) electrons. The summed E-state index contributed by atoms with van der Waals surface area (Å²) in [5.74, 6) is 1.13. The number of hydrogen-bond acceptors (Lipinski definition) is 6. The molecule has 0 bridgehead atoms. The number of thiazole rings is 1. The smallest absolute Gasteiger partial charge is 0.312 e. The molecule has 3 heterocycles. The Labute approximate surface area is 182 Å². The fourth-order valence-electron chi connectivity index (χ4n) is 3.83. The molecule has 1 aromatic heterocycles. The lowest BCUT2D eigenvalue weighted by molar-refractivity contribution is 0.125. The summed E-state index contributed by atoms with van der Waals surface area (Å²) in [4.78, 5) is 11.5. The van der Waals surface area contributed by atoms with Crippen molar-refractivity contribution in [1.82, 2.24) is 15.2 Å². The van der Waals surface area contributed by atoms with Crippen molar-refractivity contribution in [3.63, 3.8) is 0 Å². The molecule has 2 aliphatic rings. The summed E-state index contributed by atoms with van der Waals surface area (Å²) in [7, 11) is 0. The number of benzene rings is 1. The second-order valence-corrected chi connectivity index (χ2v) is 8.51. The van der Waals surface area contributed by atoms with Crippen LogP contribution in [0.4, 0.5) is 8.78 Å². The summed E-state index contributed by atoms with van der Waals surface area (Å²) in [5.41, 5.74) is 2.55. The van der Waals surface area contributed by atoms with E-state index in [-0.39, 0.29) is 5.71 Å². The van der Waals surface area contributed by atoms with Crippen LogP contribution in [0, 0.1) is 11.3 Å². The predicted octanol–water partition coefficient (Wildman–Crippen LogP) is 5.24. The fraction of sp³-hybridized carbons (Fsp3) is 0.286. The standard InChI is InChI=1S/C21H20ClF2N5S/c1-12-10-16-17(15(25)6-7-27-21(23)24)18(13-4-2-3-5-14(13)22)28-19(29(16)11-12)20-26-8-9-30-20/h2-9,12,18,21,25,27H,10-11H2,1H3/b7-6-,25-15?/t12?,18-/m0/s1. The quantitative estimate of drug-likeness (QED) is 0.470. The Morgan fingerprint density at radius 2 is 2.20 bits per heavy atom. The van der Waals surface area contributed by atoms with E-state index in [1.54, 1.807) is 12.3 Å². The van der Waals surface area contributed by atoms with Gasteiger partial charge in [-0.25, -0.2) is 4.98 Å². The zero-order chi connectivity index (χ0) is 21.3. The van der Waals surface area contributed by atoms with Gasteiger partial charge in [-0.05, 0) is 30.0 Å². The van der Waals surface area contributed by atoms with Gasteiger partial charge in [0.05, 0.1) is 5.71 Å². The Morgan fingerprint density at radius 3 is 2.90 bits per heavy atom. The van der Waals surface area contributed by atoms with Crippen molar-refractivity contribution in [2.24, 2.45) is 10.9 Å². The van der Waals surface area contributed by atoms with Crippen molar-refractivity contribution in [3.8, 4) is 0 Å². The third-order valence-electron chi connectivity index (χ3n) is 5.04. The Bertz CT molecular complexity index is 1030. The van der Waals surface area contributed by atoms with E-state index in [0.29, 0.717) is 16.5 Å². The summed E-state index contributed by atoms with van der Waals surface area (Å²) in [6.45, 7) is 0.221. The molecule has 156 valence electrons. The molecule has 2 aliphatic heterocycles. The highest BCUT2D eigenvalue weighted by atomic mass is 35.5. The molecule has 0 saturated carbocycles. The molecule has 0 aliphatic carbocycles. The maximum atomic E-state index is 12.5. The zero-order valence-corrected chi connectivity index (χ0v) is 17.7. The third-order valence-corrected chi connectivity index (χ3v) is 6.15. The first-order chi connectivity index (χ1) is 14.5. The van der Waals surface area contributed by atoms with E-state index >= 15 is 0 Å². The number of nitrogens with one attached hydrogen (secondary N) is 2. The monoisotopic (exact) mass is 447 g/mol. The van der Waals surface area contributed by atoms with Crippen molar-refractivity contribution in [1.29, 1.82) is 5.41 Å². The molecule has 1 aromatic carbocycles. The maximum absolute atomic E-state index is 12.5. The molecule has 4 rings (SSSR count). The van der Waals surface area contributed by atoms with Crippen LogP contribution in [0.3, 0.4) is 0 Å². The molecular formula is C21H20ClF2N5S. The van der Waals surface area contributed by atoms with Gasteiger partial charge in [-0.3, -0.25) is 4.99 Å². The number of allylic oxidation sites excluding steroid dienone is 2. The Morgan fingerprint density at radius 1 is 1.40 bits per heavy atom. The number of hydrogen-bond donors (Lipinski definition) is 2. The predicted molar refractivity (Wildman–Crippen MR) is 116 cm³/mol. The first kappa shape index (κ1) is 20.7. The second kappa shape index (κ2) is 8.65. The molecule has 0 spiro atoms. The number of alkyl halides is 2. The minimum absolute atomic E-state index is 0.129. The van der Waals surface area contributed by atoms with Gasteiger partial charge in [0.25, 0.3) is 0 Å². The van der Waals surface area contributed by atoms with Crippen LogP contribution in [0.5, 0.6) is 0 Å². The Hall–Kier alpha value is -2.58. The lowest BCUT2D eigenvalue weighted by Crippen LogP contribution is -2.34. The molecular weight excluding hydrogens is 428 g/mol. The van der Waals surface area contributed by atoms with Crippen LogP contribution in [0.25, 0.3) is 0 Å². The van der Waals surface area contributed by atoms with Gasteiger partial charge in [0, 0.05) is 40.6 Å². The van der Waals surface area contributed by atoms with Gasteiger partial charge in [-0.2, -0.15) is 8.78 Å². The molecule has 2 aromatic rings. The largest absolute Gasteiger partial charge is 0.336 e. The van der Waals surface area contributed by atoms with Gasteiger partial charge in [0.2, 0.25) is 0 Å². The highest BCUT2D eigenvalue weighted by Gasteiger charge is 2.39. The van der Waals surface area contributed by atoms with Crippen molar-refractivity contribution in [2.75, 3.05) is 6.54 Å². The van der Waals surface area contributed by atoms with Crippen LogP contribution in [-0.2, 0) is 0 Å². The van der Waals surface area contributed by atoms with E-state index < -0.39 is 12.6 Å². The summed E-state index contributed by atoms with van der Waals surface area (Å²) in [6.07, 6.45) is 4.96. The third kappa shape index (κ3) is 4.02. The number of aromatic nitrogens is 1. The van der Waals surface area contributed by atoms with Crippen molar-refractivity contribution >= 4 is 34.5 Å². The molecule has 2 N–H and O–H groups in total. The van der Waals surface area contributed by atoms with Crippen LogP contribution >= 0.6 is 22.9 Å². The first-order valence-electron chi connectivity index (χ1n) is 9.48. The minimum Gasteiger partial charge on any atom is -0.336 e. The van der Waals surface area contributed by atoms with E-state index in [1.807, 2.05) is 28.9 Å². The van der Waals surface area contributed by atoms with Gasteiger partial charge in [0.1, 0.15) is 6.04 Å². The summed E-state index contributed by atoms with van der Waals surface area (Å²) < 4.78 is 25.0. The molecule has 1 unspecified atom stereocenters. The van der Waals surface area contributed by atoms with Crippen LogP contribution < -0.4 is 5.32 Å². The molecule has 30 heavy (non-hydrogen) atoms. The van der Waals surface area contributed by atoms with Gasteiger partial charge in [-0.15, -0.1) is 11.3 Å². The van der Waals surface area contributed by atoms with Crippen LogP contribution in [0.15, 0.2) is 64.4 Å². The number of fused-ring (bicyclic) bond motifs is 1. The van der Waals surface area contributed by atoms with Crippen molar-refractivity contribution < 1.29 is 8.78 Å². The molecule has 5 nitrogen and oxygen atoms in total. The van der Waals surface area contributed by atoms with E-state index in [9.17, 15) is 8.78 Å². The lowest BCUT2D eigenvalue weighted by Gasteiger charge is -2.32. The summed E-state index contributed by atoms with van der Waals surface area (Å²) in [6, 6.07) is 6.88. The molecule has 0 amide bonds. The van der Waals surface area contributed by atoms with Crippen molar-refractivity contribution in [2.45, 2.75) is 25.9 Å². The Balaban J connectivity index is 1.85. The van der Waals surface area contributed by atoms with Gasteiger partial charge < -0.3 is 15.6 Å². The SMILES string of the molecule is CC1CC2=C(C(=N)/C=C\NC(F)F)[C@H](c3ccccc3Cl)N=C(c3nccs3)N2C1. The average Bonchev–Trinajstić information content (AvgIpc) is 3.36. The van der Waals surface area contributed by atoms with E-state index in [4.69, 9.17) is 22.0 Å². The first-order valence-corrected chi connectivity index (χ1v) is 10.7. The number of nitrogens with zero attached hydrogens (tertiary/aromatic N) is 3. The van der Waals surface area contributed by atoms with Crippen LogP contribution in [0.2, 0.25) is 5.02 Å². The van der Waals surface area contributed by atoms with E-state index in [2.05, 4.69) is 16.8 Å². The number of halogens is 3. The van der Waals surface area contributed by atoms with E-state index in [1.165, 1.54) is 17.4 Å². The Kier molecular flexibility index (Phi) is 5.97. The normalized spacial score (nSPS) is 21.4. The van der Waals surface area contributed by atoms with Gasteiger partial charge in [0.15, 0.2) is 10.8 Å². The average molecular weight is 448 g/mol. The fourth-order valence-corrected chi connectivity index (χ4v) is 4.71.